The van der Waals surface area contributed by atoms with Crippen molar-refractivity contribution in [1.82, 2.24) is 9.38 Å². The summed E-state index contributed by atoms with van der Waals surface area (Å²) in [5, 5.41) is 0. The van der Waals surface area contributed by atoms with E-state index in [-0.39, 0.29) is 11.5 Å². The summed E-state index contributed by atoms with van der Waals surface area (Å²) in [4.78, 5) is 4.60. The Labute approximate surface area is 116 Å². The number of rotatable bonds is 3. The molecule has 3 rings (SSSR count). The number of nitrogens with two attached hydrogens (primary N) is 1. The Hall–Kier alpha value is -2.36. The Balaban J connectivity index is 1.85. The van der Waals surface area contributed by atoms with E-state index in [9.17, 15) is 4.39 Å². The van der Waals surface area contributed by atoms with Crippen LogP contribution in [0.5, 0.6) is 0 Å². The van der Waals surface area contributed by atoms with Crippen molar-refractivity contribution >= 4 is 11.2 Å². The van der Waals surface area contributed by atoms with Gasteiger partial charge in [-0.05, 0) is 43.2 Å². The molecule has 2 aromatic heterocycles. The molecule has 0 radical (unpaired) electrons. The first kappa shape index (κ1) is 12.7. The standard InChI is InChI=1S/C16H16FN3/c1-11-15-4-2-3-9-20(15)16(19-11)8-6-12-5-7-13(17)14(18)10-12/h2-5,7,9-10H,6,8,18H2,1H3. The van der Waals surface area contributed by atoms with Gasteiger partial charge < -0.3 is 10.1 Å². The van der Waals surface area contributed by atoms with E-state index in [0.717, 1.165) is 35.4 Å². The van der Waals surface area contributed by atoms with E-state index in [1.165, 1.54) is 6.07 Å². The van der Waals surface area contributed by atoms with Crippen molar-refractivity contribution in [1.29, 1.82) is 0 Å². The summed E-state index contributed by atoms with van der Waals surface area (Å²) in [5.41, 5.74) is 8.96. The minimum absolute atomic E-state index is 0.201. The molecule has 0 saturated carbocycles. The van der Waals surface area contributed by atoms with Crippen LogP contribution in [0.2, 0.25) is 0 Å². The molecule has 102 valence electrons. The number of halogens is 1. The van der Waals surface area contributed by atoms with Crippen LogP contribution in [0.1, 0.15) is 17.1 Å². The highest BCUT2D eigenvalue weighted by molar-refractivity contribution is 5.52. The fraction of sp³-hybridized carbons (Fsp3) is 0.188. The lowest BCUT2D eigenvalue weighted by atomic mass is 10.1. The molecule has 2 N–H and O–H groups in total. The van der Waals surface area contributed by atoms with Crippen molar-refractivity contribution in [2.75, 3.05) is 5.73 Å². The number of nitrogen functional groups attached to an aromatic ring is 1. The third-order valence-electron chi connectivity index (χ3n) is 3.50. The van der Waals surface area contributed by atoms with E-state index >= 15 is 0 Å². The Bertz CT molecular complexity index is 762. The number of fused-ring (bicyclic) bond motifs is 1. The molecule has 3 aromatic rings. The SMILES string of the molecule is Cc1nc(CCc2ccc(F)c(N)c2)n2ccccc12. The Morgan fingerprint density at radius 2 is 2.05 bits per heavy atom. The predicted molar refractivity (Wildman–Crippen MR) is 78.1 cm³/mol. The van der Waals surface area contributed by atoms with Gasteiger partial charge in [0.15, 0.2) is 0 Å². The van der Waals surface area contributed by atoms with Gasteiger partial charge in [-0.15, -0.1) is 0 Å². The van der Waals surface area contributed by atoms with Gasteiger partial charge >= 0.3 is 0 Å². The maximum absolute atomic E-state index is 13.1. The van der Waals surface area contributed by atoms with Crippen LogP contribution >= 0.6 is 0 Å². The zero-order chi connectivity index (χ0) is 14.1. The van der Waals surface area contributed by atoms with Gasteiger partial charge in [-0.25, -0.2) is 9.37 Å². The third kappa shape index (κ3) is 2.25. The highest BCUT2D eigenvalue weighted by atomic mass is 19.1. The van der Waals surface area contributed by atoms with Crippen molar-refractivity contribution in [2.45, 2.75) is 19.8 Å². The second-order valence-electron chi connectivity index (χ2n) is 4.93. The van der Waals surface area contributed by atoms with Crippen molar-refractivity contribution in [2.24, 2.45) is 0 Å². The number of anilines is 1. The second kappa shape index (κ2) is 4.96. The van der Waals surface area contributed by atoms with Crippen LogP contribution in [0.25, 0.3) is 5.52 Å². The van der Waals surface area contributed by atoms with E-state index < -0.39 is 0 Å². The summed E-state index contributed by atoms with van der Waals surface area (Å²) < 4.78 is 15.2. The molecule has 0 aliphatic rings. The topological polar surface area (TPSA) is 43.3 Å². The van der Waals surface area contributed by atoms with Crippen molar-refractivity contribution in [3.63, 3.8) is 0 Å². The number of aromatic nitrogens is 2. The maximum Gasteiger partial charge on any atom is 0.146 e. The largest absolute Gasteiger partial charge is 0.396 e. The minimum atomic E-state index is -0.365. The van der Waals surface area contributed by atoms with E-state index in [1.54, 1.807) is 12.1 Å². The number of imidazole rings is 1. The number of benzene rings is 1. The molecule has 0 unspecified atom stereocenters. The molecule has 1 aromatic carbocycles. The fourth-order valence-corrected chi connectivity index (χ4v) is 2.45. The van der Waals surface area contributed by atoms with Gasteiger partial charge in [-0.2, -0.15) is 0 Å². The van der Waals surface area contributed by atoms with Gasteiger partial charge in [0.05, 0.1) is 16.9 Å². The molecule has 0 bridgehead atoms. The Morgan fingerprint density at radius 1 is 1.20 bits per heavy atom. The molecule has 0 amide bonds. The maximum atomic E-state index is 13.1. The van der Waals surface area contributed by atoms with Gasteiger partial charge in [-0.3, -0.25) is 0 Å². The van der Waals surface area contributed by atoms with Crippen molar-refractivity contribution in [3.8, 4) is 0 Å². The number of pyridine rings is 1. The number of hydrogen-bond acceptors (Lipinski definition) is 2. The van der Waals surface area contributed by atoms with Crippen LogP contribution in [0.15, 0.2) is 42.6 Å². The van der Waals surface area contributed by atoms with Crippen LogP contribution in [0.3, 0.4) is 0 Å². The molecule has 0 aliphatic carbocycles. The highest BCUT2D eigenvalue weighted by Gasteiger charge is 2.08. The van der Waals surface area contributed by atoms with Gasteiger partial charge in [0.2, 0.25) is 0 Å². The summed E-state index contributed by atoms with van der Waals surface area (Å²) >= 11 is 0. The second-order valence-corrected chi connectivity index (χ2v) is 4.93. The molecule has 0 aliphatic heterocycles. The van der Waals surface area contributed by atoms with E-state index in [1.807, 2.05) is 25.3 Å². The quantitative estimate of drug-likeness (QED) is 0.742. The molecular formula is C16H16FN3. The molecule has 3 nitrogen and oxygen atoms in total. The highest BCUT2D eigenvalue weighted by Crippen LogP contribution is 2.16. The first-order chi connectivity index (χ1) is 9.65. The lowest BCUT2D eigenvalue weighted by molar-refractivity contribution is 0.631. The monoisotopic (exact) mass is 269 g/mol. The zero-order valence-electron chi connectivity index (χ0n) is 11.3. The molecule has 0 fully saturated rings. The lowest BCUT2D eigenvalue weighted by Gasteiger charge is -2.04. The summed E-state index contributed by atoms with van der Waals surface area (Å²) in [6.45, 7) is 2.01. The smallest absolute Gasteiger partial charge is 0.146 e. The van der Waals surface area contributed by atoms with Gasteiger partial charge in [0.25, 0.3) is 0 Å². The first-order valence-electron chi connectivity index (χ1n) is 6.61. The third-order valence-corrected chi connectivity index (χ3v) is 3.50. The molecule has 0 saturated heterocycles. The lowest BCUT2D eigenvalue weighted by Crippen LogP contribution is -1.99. The number of aryl methyl sites for hydroxylation is 3. The summed E-state index contributed by atoms with van der Waals surface area (Å²) in [5.74, 6) is 0.650. The zero-order valence-corrected chi connectivity index (χ0v) is 11.3. The van der Waals surface area contributed by atoms with Gasteiger partial charge in [0.1, 0.15) is 11.6 Å². The van der Waals surface area contributed by atoms with Gasteiger partial charge in [-0.1, -0.05) is 12.1 Å². The molecule has 0 atom stereocenters. The minimum Gasteiger partial charge on any atom is -0.396 e. The number of nitrogens with zero attached hydrogens (tertiary/aromatic N) is 2. The molecule has 0 spiro atoms. The van der Waals surface area contributed by atoms with Crippen LogP contribution in [-0.4, -0.2) is 9.38 Å². The molecular weight excluding hydrogens is 253 g/mol. The Kier molecular flexibility index (Phi) is 3.14. The summed E-state index contributed by atoms with van der Waals surface area (Å²) in [6, 6.07) is 10.9. The fourth-order valence-electron chi connectivity index (χ4n) is 2.45. The number of hydrogen-bond donors (Lipinski definition) is 1. The van der Waals surface area contributed by atoms with Crippen molar-refractivity contribution in [3.05, 3.63) is 65.5 Å². The average Bonchev–Trinajstić information content (AvgIpc) is 2.78. The molecule has 2 heterocycles. The van der Waals surface area contributed by atoms with Crippen LogP contribution in [-0.2, 0) is 12.8 Å². The van der Waals surface area contributed by atoms with E-state index in [4.69, 9.17) is 5.73 Å². The summed E-state index contributed by atoms with van der Waals surface area (Å²) in [7, 11) is 0. The Morgan fingerprint density at radius 3 is 2.85 bits per heavy atom. The van der Waals surface area contributed by atoms with E-state index in [0.29, 0.717) is 0 Å². The average molecular weight is 269 g/mol. The van der Waals surface area contributed by atoms with E-state index in [2.05, 4.69) is 15.5 Å². The predicted octanol–water partition coefficient (Wildman–Crippen LogP) is 3.15. The van der Waals surface area contributed by atoms with Crippen LogP contribution < -0.4 is 5.73 Å². The van der Waals surface area contributed by atoms with Crippen LogP contribution in [0, 0.1) is 12.7 Å². The summed E-state index contributed by atoms with van der Waals surface area (Å²) in [6.07, 6.45) is 3.60. The van der Waals surface area contributed by atoms with Gasteiger partial charge in [0, 0.05) is 12.6 Å². The molecule has 20 heavy (non-hydrogen) atoms. The first-order valence-corrected chi connectivity index (χ1v) is 6.61. The van der Waals surface area contributed by atoms with Crippen LogP contribution in [0.4, 0.5) is 10.1 Å². The normalized spacial score (nSPS) is 11.1. The van der Waals surface area contributed by atoms with Crippen molar-refractivity contribution < 1.29 is 4.39 Å². The molecule has 4 heteroatoms.